The highest BCUT2D eigenvalue weighted by atomic mass is 35.5. The Hall–Kier alpha value is -3.56. The van der Waals surface area contributed by atoms with Crippen molar-refractivity contribution in [3.05, 3.63) is 129 Å². The number of anilines is 1. The van der Waals surface area contributed by atoms with Crippen molar-refractivity contribution >= 4 is 62.3 Å². The third kappa shape index (κ3) is 9.01. The molecule has 0 fully saturated rings. The number of rotatable bonds is 12. The SMILES string of the molecule is Cc1ccc(S(=O)(=O)N(CC(=O)N(Cc2ccc(Cl)cc2)C(Cc2ccccc2)C(=O)NC(C)C)c2ccc(Cl)c(Cl)c2)cc1. The van der Waals surface area contributed by atoms with Gasteiger partial charge in [0.05, 0.1) is 20.6 Å². The van der Waals surface area contributed by atoms with E-state index in [1.165, 1.54) is 35.2 Å². The summed E-state index contributed by atoms with van der Waals surface area (Å²) >= 11 is 18.6. The van der Waals surface area contributed by atoms with E-state index in [-0.39, 0.29) is 45.5 Å². The fraction of sp³-hybridized carbons (Fsp3) is 0.235. The first-order chi connectivity index (χ1) is 21.3. The Balaban J connectivity index is 1.82. The lowest BCUT2D eigenvalue weighted by Crippen LogP contribution is -2.54. The molecule has 1 unspecified atom stereocenters. The smallest absolute Gasteiger partial charge is 0.264 e. The summed E-state index contributed by atoms with van der Waals surface area (Å²) in [5.74, 6) is -0.954. The molecule has 1 N–H and O–H groups in total. The van der Waals surface area contributed by atoms with Crippen LogP contribution in [0.25, 0.3) is 0 Å². The van der Waals surface area contributed by atoms with E-state index in [2.05, 4.69) is 5.32 Å². The van der Waals surface area contributed by atoms with Crippen LogP contribution in [0.15, 0.2) is 102 Å². The Labute approximate surface area is 279 Å². The van der Waals surface area contributed by atoms with Gasteiger partial charge in [0.2, 0.25) is 11.8 Å². The topological polar surface area (TPSA) is 86.8 Å². The second-order valence-corrected chi connectivity index (χ2v) is 14.1. The molecule has 0 aliphatic rings. The average Bonchev–Trinajstić information content (AvgIpc) is 3.00. The number of benzene rings is 4. The third-order valence-electron chi connectivity index (χ3n) is 7.05. The van der Waals surface area contributed by atoms with E-state index in [0.717, 1.165) is 15.4 Å². The van der Waals surface area contributed by atoms with Crippen LogP contribution in [0.5, 0.6) is 0 Å². The van der Waals surface area contributed by atoms with Crippen molar-refractivity contribution in [3.8, 4) is 0 Å². The van der Waals surface area contributed by atoms with Gasteiger partial charge in [-0.3, -0.25) is 13.9 Å². The van der Waals surface area contributed by atoms with Crippen LogP contribution in [-0.2, 0) is 32.6 Å². The minimum Gasteiger partial charge on any atom is -0.352 e. The maximum Gasteiger partial charge on any atom is 0.264 e. The zero-order valence-electron chi connectivity index (χ0n) is 25.1. The van der Waals surface area contributed by atoms with Gasteiger partial charge in [0.25, 0.3) is 10.0 Å². The van der Waals surface area contributed by atoms with E-state index in [1.54, 1.807) is 36.4 Å². The Morgan fingerprint density at radius 2 is 1.44 bits per heavy atom. The molecular weight excluding hydrogens is 653 g/mol. The lowest BCUT2D eigenvalue weighted by Gasteiger charge is -2.34. The molecule has 1 atom stereocenters. The van der Waals surface area contributed by atoms with Crippen molar-refractivity contribution in [2.45, 2.75) is 50.7 Å². The number of aryl methyl sites for hydroxylation is 1. The molecule has 0 radical (unpaired) electrons. The Bertz CT molecular complexity index is 1730. The van der Waals surface area contributed by atoms with Crippen molar-refractivity contribution in [2.24, 2.45) is 0 Å². The normalized spacial score (nSPS) is 12.1. The van der Waals surface area contributed by atoms with Crippen LogP contribution in [0.2, 0.25) is 15.1 Å². The molecule has 0 aromatic heterocycles. The van der Waals surface area contributed by atoms with Crippen molar-refractivity contribution in [1.82, 2.24) is 10.2 Å². The van der Waals surface area contributed by atoms with Crippen LogP contribution in [-0.4, -0.2) is 43.8 Å². The molecule has 0 bridgehead atoms. The van der Waals surface area contributed by atoms with Crippen LogP contribution < -0.4 is 9.62 Å². The van der Waals surface area contributed by atoms with Crippen molar-refractivity contribution in [2.75, 3.05) is 10.8 Å². The number of hydrogen-bond acceptors (Lipinski definition) is 4. The van der Waals surface area contributed by atoms with Crippen molar-refractivity contribution in [3.63, 3.8) is 0 Å². The zero-order valence-corrected chi connectivity index (χ0v) is 28.2. The quantitative estimate of drug-likeness (QED) is 0.169. The number of carbonyl (C=O) groups is 2. The van der Waals surface area contributed by atoms with Crippen LogP contribution in [0, 0.1) is 6.92 Å². The number of amides is 2. The summed E-state index contributed by atoms with van der Waals surface area (Å²) in [4.78, 5) is 29.6. The van der Waals surface area contributed by atoms with Gasteiger partial charge in [-0.1, -0.05) is 95.0 Å². The molecule has 4 aromatic rings. The minimum absolute atomic E-state index is 0.00499. The van der Waals surface area contributed by atoms with Gasteiger partial charge in [0.15, 0.2) is 0 Å². The molecule has 0 saturated heterocycles. The fourth-order valence-corrected chi connectivity index (χ4v) is 6.55. The molecule has 45 heavy (non-hydrogen) atoms. The second-order valence-electron chi connectivity index (χ2n) is 10.9. The van der Waals surface area contributed by atoms with E-state index < -0.39 is 28.5 Å². The largest absolute Gasteiger partial charge is 0.352 e. The number of carbonyl (C=O) groups excluding carboxylic acids is 2. The first kappa shape index (κ1) is 34.3. The van der Waals surface area contributed by atoms with E-state index in [9.17, 15) is 18.0 Å². The van der Waals surface area contributed by atoms with E-state index in [4.69, 9.17) is 34.8 Å². The zero-order chi connectivity index (χ0) is 32.7. The summed E-state index contributed by atoms with van der Waals surface area (Å²) in [6.07, 6.45) is 0.205. The number of halogens is 3. The molecule has 0 aliphatic heterocycles. The van der Waals surface area contributed by atoms with Crippen LogP contribution >= 0.6 is 34.8 Å². The third-order valence-corrected chi connectivity index (χ3v) is 9.83. The standard InChI is InChI=1S/C34H34Cl3N3O4S/c1-23(2)38-34(42)32(19-25-7-5-4-6-8-25)39(21-26-11-13-27(35)14-12-26)33(41)22-40(28-15-18-30(36)31(37)20-28)45(43,44)29-16-9-24(3)10-17-29/h4-18,20,23,32H,19,21-22H2,1-3H3,(H,38,42). The van der Waals surface area contributed by atoms with Gasteiger partial charge in [0, 0.05) is 24.0 Å². The summed E-state index contributed by atoms with van der Waals surface area (Å²) in [6.45, 7) is 4.94. The second kappa shape index (κ2) is 15.1. The minimum atomic E-state index is -4.27. The molecule has 4 aromatic carbocycles. The molecule has 2 amide bonds. The molecule has 0 aliphatic carbocycles. The lowest BCUT2D eigenvalue weighted by atomic mass is 10.0. The van der Waals surface area contributed by atoms with Gasteiger partial charge < -0.3 is 10.2 Å². The summed E-state index contributed by atoms with van der Waals surface area (Å²) in [6, 6.07) is 25.8. The van der Waals surface area contributed by atoms with Gasteiger partial charge in [-0.2, -0.15) is 0 Å². The van der Waals surface area contributed by atoms with E-state index >= 15 is 0 Å². The molecule has 0 spiro atoms. The van der Waals surface area contributed by atoms with Crippen molar-refractivity contribution in [1.29, 1.82) is 0 Å². The maximum absolute atomic E-state index is 14.5. The number of nitrogens with zero attached hydrogens (tertiary/aromatic N) is 2. The molecule has 4 rings (SSSR count). The monoisotopic (exact) mass is 685 g/mol. The summed E-state index contributed by atoms with van der Waals surface area (Å²) < 4.78 is 29.2. The van der Waals surface area contributed by atoms with Gasteiger partial charge in [0.1, 0.15) is 12.6 Å². The Kier molecular flexibility index (Phi) is 11.6. The van der Waals surface area contributed by atoms with E-state index in [0.29, 0.717) is 10.6 Å². The van der Waals surface area contributed by atoms with Gasteiger partial charge in [-0.15, -0.1) is 0 Å². The molecule has 0 heterocycles. The highest BCUT2D eigenvalue weighted by Crippen LogP contribution is 2.31. The van der Waals surface area contributed by atoms with Crippen molar-refractivity contribution < 1.29 is 18.0 Å². The molecule has 0 saturated carbocycles. The molecule has 7 nitrogen and oxygen atoms in total. The summed E-state index contributed by atoms with van der Waals surface area (Å²) in [7, 11) is -4.27. The van der Waals surface area contributed by atoms with Gasteiger partial charge in [-0.05, 0) is 74.4 Å². The molecule has 236 valence electrons. The first-order valence-corrected chi connectivity index (χ1v) is 16.8. The first-order valence-electron chi connectivity index (χ1n) is 14.3. The predicted molar refractivity (Wildman–Crippen MR) is 181 cm³/mol. The van der Waals surface area contributed by atoms with Crippen LogP contribution in [0.4, 0.5) is 5.69 Å². The molecule has 11 heteroatoms. The molecular formula is C34H34Cl3N3O4S. The predicted octanol–water partition coefficient (Wildman–Crippen LogP) is 7.32. The van der Waals surface area contributed by atoms with Crippen LogP contribution in [0.3, 0.4) is 0 Å². The maximum atomic E-state index is 14.5. The number of sulfonamides is 1. The highest BCUT2D eigenvalue weighted by Gasteiger charge is 2.35. The van der Waals surface area contributed by atoms with Crippen LogP contribution in [0.1, 0.15) is 30.5 Å². The summed E-state index contributed by atoms with van der Waals surface area (Å²) in [5.41, 5.74) is 2.57. The Morgan fingerprint density at radius 3 is 2.04 bits per heavy atom. The van der Waals surface area contributed by atoms with Gasteiger partial charge >= 0.3 is 0 Å². The summed E-state index contributed by atoms with van der Waals surface area (Å²) in [5, 5.41) is 3.81. The number of nitrogens with one attached hydrogen (secondary N) is 1. The Morgan fingerprint density at radius 1 is 0.800 bits per heavy atom. The van der Waals surface area contributed by atoms with Gasteiger partial charge in [-0.25, -0.2) is 8.42 Å². The van der Waals surface area contributed by atoms with E-state index in [1.807, 2.05) is 51.1 Å². The number of hydrogen-bond donors (Lipinski definition) is 1. The fourth-order valence-electron chi connectivity index (χ4n) is 4.73. The lowest BCUT2D eigenvalue weighted by molar-refractivity contribution is -0.140. The highest BCUT2D eigenvalue weighted by molar-refractivity contribution is 7.92. The average molecular weight is 687 g/mol.